The first-order chi connectivity index (χ1) is 16.9. The Hall–Kier alpha value is -3.19. The predicted molar refractivity (Wildman–Crippen MR) is 141 cm³/mol. The van der Waals surface area contributed by atoms with Gasteiger partial charge in [0.2, 0.25) is 5.91 Å². The molecule has 7 nitrogen and oxygen atoms in total. The molecule has 7 heteroatoms. The summed E-state index contributed by atoms with van der Waals surface area (Å²) in [4.78, 5) is 22.2. The van der Waals surface area contributed by atoms with E-state index in [2.05, 4.69) is 83.4 Å². The average Bonchev–Trinajstić information content (AvgIpc) is 3.47. The summed E-state index contributed by atoms with van der Waals surface area (Å²) in [5, 5.41) is 8.49. The van der Waals surface area contributed by atoms with Crippen LogP contribution in [0.4, 0.5) is 0 Å². The molecule has 0 saturated carbocycles. The summed E-state index contributed by atoms with van der Waals surface area (Å²) in [6.45, 7) is 11.4. The van der Waals surface area contributed by atoms with Crippen molar-refractivity contribution in [3.63, 3.8) is 0 Å². The maximum absolute atomic E-state index is 11.7. The van der Waals surface area contributed by atoms with Gasteiger partial charge in [0.05, 0.1) is 12.2 Å². The number of pyridine rings is 1. The number of fused-ring (bicyclic) bond motifs is 2. The summed E-state index contributed by atoms with van der Waals surface area (Å²) in [6, 6.07) is 9.20. The molecule has 1 saturated heterocycles. The molecule has 0 unspecified atom stereocenters. The highest BCUT2D eigenvalue weighted by Gasteiger charge is 2.24. The molecule has 0 spiro atoms. The lowest BCUT2D eigenvalue weighted by molar-refractivity contribution is -0.122. The largest absolute Gasteiger partial charge is 0.358 e. The average molecular weight is 473 g/mol. The van der Waals surface area contributed by atoms with Crippen molar-refractivity contribution in [2.24, 2.45) is 0 Å². The number of amides is 1. The molecule has 4 aromatic rings. The number of hydrogen-bond donors (Lipinski definition) is 2. The van der Waals surface area contributed by atoms with Gasteiger partial charge in [0.15, 0.2) is 5.65 Å². The zero-order valence-corrected chi connectivity index (χ0v) is 21.4. The maximum atomic E-state index is 11.7. The van der Waals surface area contributed by atoms with E-state index in [0.29, 0.717) is 24.3 Å². The molecule has 1 aromatic carbocycles. The van der Waals surface area contributed by atoms with Crippen molar-refractivity contribution in [1.29, 1.82) is 0 Å². The number of carbonyl (C=O) groups is 1. The lowest BCUT2D eigenvalue weighted by Gasteiger charge is -2.31. The summed E-state index contributed by atoms with van der Waals surface area (Å²) in [7, 11) is 1.70. The Morgan fingerprint density at radius 2 is 1.91 bits per heavy atom. The molecule has 1 fully saturated rings. The Morgan fingerprint density at radius 1 is 1.14 bits per heavy atom. The van der Waals surface area contributed by atoms with Gasteiger partial charge in [-0.25, -0.2) is 9.50 Å². The number of likely N-dealkylation sites (N-methyl/N-ethyl adjacent to an activating group) is 1. The van der Waals surface area contributed by atoms with Crippen molar-refractivity contribution >= 4 is 22.5 Å². The molecule has 4 heterocycles. The third kappa shape index (κ3) is 4.45. The fourth-order valence-corrected chi connectivity index (χ4v) is 5.53. The Morgan fingerprint density at radius 3 is 2.60 bits per heavy atom. The highest BCUT2D eigenvalue weighted by molar-refractivity contribution is 5.92. The molecule has 5 rings (SSSR count). The molecular weight excluding hydrogens is 436 g/mol. The van der Waals surface area contributed by atoms with E-state index in [-0.39, 0.29) is 5.91 Å². The number of likely N-dealkylation sites (tertiary alicyclic amines) is 1. The summed E-state index contributed by atoms with van der Waals surface area (Å²) < 4.78 is 1.90. The van der Waals surface area contributed by atoms with Crippen molar-refractivity contribution in [3.8, 4) is 11.3 Å². The van der Waals surface area contributed by atoms with E-state index in [4.69, 9.17) is 0 Å². The minimum Gasteiger partial charge on any atom is -0.358 e. The van der Waals surface area contributed by atoms with Crippen LogP contribution in [0.25, 0.3) is 27.8 Å². The van der Waals surface area contributed by atoms with Crippen LogP contribution in [-0.2, 0) is 4.79 Å². The van der Waals surface area contributed by atoms with E-state index < -0.39 is 0 Å². The Balaban J connectivity index is 1.51. The number of hydrogen-bond acceptors (Lipinski definition) is 4. The highest BCUT2D eigenvalue weighted by atomic mass is 16.1. The number of benzene rings is 1. The van der Waals surface area contributed by atoms with Gasteiger partial charge in [-0.05, 0) is 73.0 Å². The van der Waals surface area contributed by atoms with Gasteiger partial charge in [0.25, 0.3) is 0 Å². The van der Waals surface area contributed by atoms with Crippen LogP contribution >= 0.6 is 0 Å². The van der Waals surface area contributed by atoms with E-state index in [1.165, 1.54) is 33.3 Å². The molecule has 0 aliphatic carbocycles. The standard InChI is InChI=1S/C28H36N6O/c1-17(2)22-13-21(14-34-28(22)30-16-31-34)27-26(18(3)4)23-12-20(6-7-24(23)32-27)19-8-10-33(11-9-19)15-25(35)29-5/h6-7,12-14,16-19,32H,8-11,15H2,1-5H3,(H,29,35). The van der Waals surface area contributed by atoms with Gasteiger partial charge >= 0.3 is 0 Å². The fraction of sp³-hybridized carbons (Fsp3) is 0.464. The zero-order chi connectivity index (χ0) is 24.7. The second-order valence-electron chi connectivity index (χ2n) is 10.5. The Bertz CT molecular complexity index is 1360. The number of rotatable bonds is 6. The summed E-state index contributed by atoms with van der Waals surface area (Å²) >= 11 is 0. The van der Waals surface area contributed by atoms with Crippen LogP contribution in [0.15, 0.2) is 36.8 Å². The SMILES string of the molecule is CNC(=O)CN1CCC(c2ccc3[nH]c(-c4cc(C(C)C)c5ncnn5c4)c(C(C)C)c3c2)CC1. The molecule has 1 aliphatic rings. The molecule has 0 atom stereocenters. The van der Waals surface area contributed by atoms with Gasteiger partial charge in [0, 0.05) is 35.3 Å². The monoisotopic (exact) mass is 472 g/mol. The van der Waals surface area contributed by atoms with Crippen LogP contribution in [-0.4, -0.2) is 57.1 Å². The molecule has 1 aliphatic heterocycles. The van der Waals surface area contributed by atoms with Crippen LogP contribution in [0, 0.1) is 0 Å². The van der Waals surface area contributed by atoms with Gasteiger partial charge in [0.1, 0.15) is 6.33 Å². The minimum atomic E-state index is 0.0935. The van der Waals surface area contributed by atoms with Gasteiger partial charge in [-0.15, -0.1) is 0 Å². The quantitative estimate of drug-likeness (QED) is 0.412. The summed E-state index contributed by atoms with van der Waals surface area (Å²) in [6.07, 6.45) is 5.88. The van der Waals surface area contributed by atoms with Crippen LogP contribution in [0.5, 0.6) is 0 Å². The molecular formula is C28H36N6O. The number of H-pyrrole nitrogens is 1. The van der Waals surface area contributed by atoms with Crippen molar-refractivity contribution in [2.75, 3.05) is 26.7 Å². The lowest BCUT2D eigenvalue weighted by Crippen LogP contribution is -2.40. The molecule has 1 amide bonds. The smallest absolute Gasteiger partial charge is 0.233 e. The third-order valence-corrected chi connectivity index (χ3v) is 7.46. The van der Waals surface area contributed by atoms with Crippen LogP contribution in [0.1, 0.15) is 75.0 Å². The molecule has 2 N–H and O–H groups in total. The number of piperidine rings is 1. The second-order valence-corrected chi connectivity index (χ2v) is 10.5. The van der Waals surface area contributed by atoms with Crippen molar-refractivity contribution in [2.45, 2.75) is 58.3 Å². The second kappa shape index (κ2) is 9.46. The molecule has 0 radical (unpaired) electrons. The number of nitrogens with zero attached hydrogens (tertiary/aromatic N) is 4. The van der Waals surface area contributed by atoms with Gasteiger partial charge in [-0.1, -0.05) is 33.8 Å². The van der Waals surface area contributed by atoms with Crippen molar-refractivity contribution < 1.29 is 4.79 Å². The molecule has 184 valence electrons. The number of aromatic amines is 1. The fourth-order valence-electron chi connectivity index (χ4n) is 5.53. The molecule has 3 aromatic heterocycles. The first-order valence-corrected chi connectivity index (χ1v) is 12.8. The van der Waals surface area contributed by atoms with E-state index in [0.717, 1.165) is 37.1 Å². The minimum absolute atomic E-state index is 0.0935. The van der Waals surface area contributed by atoms with Gasteiger partial charge in [-0.2, -0.15) is 5.10 Å². The number of aromatic nitrogens is 4. The number of carbonyl (C=O) groups excluding carboxylic acids is 1. The number of nitrogens with one attached hydrogen (secondary N) is 2. The maximum Gasteiger partial charge on any atom is 0.233 e. The molecule has 0 bridgehead atoms. The van der Waals surface area contributed by atoms with E-state index >= 15 is 0 Å². The van der Waals surface area contributed by atoms with Crippen molar-refractivity contribution in [1.82, 2.24) is 29.8 Å². The van der Waals surface area contributed by atoms with Crippen LogP contribution in [0.3, 0.4) is 0 Å². The summed E-state index contributed by atoms with van der Waals surface area (Å²) in [5.41, 5.74) is 8.39. The zero-order valence-electron chi connectivity index (χ0n) is 21.4. The normalized spacial score (nSPS) is 15.6. The first-order valence-electron chi connectivity index (χ1n) is 12.8. The van der Waals surface area contributed by atoms with Gasteiger partial charge in [-0.3, -0.25) is 9.69 Å². The van der Waals surface area contributed by atoms with Gasteiger partial charge < -0.3 is 10.3 Å². The summed E-state index contributed by atoms with van der Waals surface area (Å²) in [5.74, 6) is 1.35. The topological polar surface area (TPSA) is 78.3 Å². The van der Waals surface area contributed by atoms with Crippen LogP contribution < -0.4 is 5.32 Å². The van der Waals surface area contributed by atoms with E-state index in [1.807, 2.05) is 4.52 Å². The first kappa shape index (κ1) is 23.5. The van der Waals surface area contributed by atoms with E-state index in [1.54, 1.807) is 13.4 Å². The third-order valence-electron chi connectivity index (χ3n) is 7.46. The Kier molecular flexibility index (Phi) is 6.36. The highest BCUT2D eigenvalue weighted by Crippen LogP contribution is 2.39. The van der Waals surface area contributed by atoms with Crippen LogP contribution in [0.2, 0.25) is 0 Å². The lowest BCUT2D eigenvalue weighted by atomic mass is 9.87. The van der Waals surface area contributed by atoms with Crippen molar-refractivity contribution in [3.05, 3.63) is 53.5 Å². The van der Waals surface area contributed by atoms with E-state index in [9.17, 15) is 4.79 Å². The molecule has 35 heavy (non-hydrogen) atoms. The predicted octanol–water partition coefficient (Wildman–Crippen LogP) is 5.05. The Labute approximate surface area is 206 Å².